The molecular formula is C14H15FN2O2. The molecule has 1 aliphatic rings. The van der Waals surface area contributed by atoms with Gasteiger partial charge in [0.2, 0.25) is 0 Å². The number of anilines is 1. The van der Waals surface area contributed by atoms with Gasteiger partial charge >= 0.3 is 5.97 Å². The number of carboxylic acid groups (broad SMARTS) is 1. The van der Waals surface area contributed by atoms with Crippen molar-refractivity contribution in [3.63, 3.8) is 0 Å². The van der Waals surface area contributed by atoms with Gasteiger partial charge in [-0.05, 0) is 30.5 Å². The molecule has 0 amide bonds. The van der Waals surface area contributed by atoms with Crippen molar-refractivity contribution in [2.75, 3.05) is 18.0 Å². The average Bonchev–Trinajstić information content (AvgIpc) is 2.37. The number of aliphatic carboxylic acids is 1. The van der Waals surface area contributed by atoms with Crippen molar-refractivity contribution in [3.05, 3.63) is 29.6 Å². The topological polar surface area (TPSA) is 64.3 Å². The van der Waals surface area contributed by atoms with E-state index in [1.165, 1.54) is 6.07 Å². The Bertz CT molecular complexity index is 539. The highest BCUT2D eigenvalue weighted by atomic mass is 19.1. The fourth-order valence-electron chi connectivity index (χ4n) is 2.56. The summed E-state index contributed by atoms with van der Waals surface area (Å²) >= 11 is 0. The lowest BCUT2D eigenvalue weighted by atomic mass is 9.90. The summed E-state index contributed by atoms with van der Waals surface area (Å²) < 4.78 is 13.9. The Kier molecular flexibility index (Phi) is 3.70. The smallest absolute Gasteiger partial charge is 0.308 e. The summed E-state index contributed by atoms with van der Waals surface area (Å²) in [6, 6.07) is 6.16. The molecule has 1 saturated heterocycles. The Hall–Kier alpha value is -2.09. The first-order chi connectivity index (χ1) is 9.01. The van der Waals surface area contributed by atoms with Crippen LogP contribution >= 0.6 is 0 Å². The molecule has 100 valence electrons. The van der Waals surface area contributed by atoms with Crippen LogP contribution in [0.3, 0.4) is 0 Å². The molecule has 4 nitrogen and oxygen atoms in total. The van der Waals surface area contributed by atoms with Crippen LogP contribution in [-0.2, 0) is 4.79 Å². The van der Waals surface area contributed by atoms with Gasteiger partial charge in [-0.3, -0.25) is 4.79 Å². The standard InChI is InChI=1S/C14H15FN2O2/c1-9-4-11(14(18)19)8-17(7-9)13-3-2-10(6-16)5-12(13)15/h2-3,5,9,11H,4,7-8H2,1H3,(H,18,19). The molecule has 1 aromatic rings. The maximum absolute atomic E-state index is 13.9. The average molecular weight is 262 g/mol. The van der Waals surface area contributed by atoms with Gasteiger partial charge in [-0.15, -0.1) is 0 Å². The zero-order valence-electron chi connectivity index (χ0n) is 10.6. The van der Waals surface area contributed by atoms with Crippen LogP contribution in [0.15, 0.2) is 18.2 Å². The van der Waals surface area contributed by atoms with Crippen molar-refractivity contribution in [1.29, 1.82) is 5.26 Å². The quantitative estimate of drug-likeness (QED) is 0.887. The van der Waals surface area contributed by atoms with Gasteiger partial charge in [0.15, 0.2) is 0 Å². The van der Waals surface area contributed by atoms with Crippen LogP contribution in [0.2, 0.25) is 0 Å². The molecule has 1 aliphatic heterocycles. The number of rotatable bonds is 2. The predicted octanol–water partition coefficient (Wildman–Crippen LogP) is 2.24. The third kappa shape index (κ3) is 2.84. The first-order valence-electron chi connectivity index (χ1n) is 6.18. The fraction of sp³-hybridized carbons (Fsp3) is 0.429. The number of hydrogen-bond donors (Lipinski definition) is 1. The van der Waals surface area contributed by atoms with Gasteiger partial charge in [0, 0.05) is 13.1 Å². The second kappa shape index (κ2) is 5.27. The fourth-order valence-corrected chi connectivity index (χ4v) is 2.56. The summed E-state index contributed by atoms with van der Waals surface area (Å²) in [6.45, 7) is 2.90. The summed E-state index contributed by atoms with van der Waals surface area (Å²) in [7, 11) is 0. The molecule has 1 N–H and O–H groups in total. The van der Waals surface area contributed by atoms with Gasteiger partial charge in [-0.1, -0.05) is 6.92 Å². The molecule has 0 saturated carbocycles. The number of carbonyl (C=O) groups is 1. The van der Waals surface area contributed by atoms with Crippen molar-refractivity contribution in [3.8, 4) is 6.07 Å². The second-order valence-electron chi connectivity index (χ2n) is 5.06. The van der Waals surface area contributed by atoms with Gasteiger partial charge in [-0.25, -0.2) is 4.39 Å². The monoisotopic (exact) mass is 262 g/mol. The Labute approximate surface area is 111 Å². The Morgan fingerprint density at radius 2 is 2.26 bits per heavy atom. The molecule has 0 spiro atoms. The van der Waals surface area contributed by atoms with Gasteiger partial charge in [0.1, 0.15) is 5.82 Å². The van der Waals surface area contributed by atoms with Crippen LogP contribution in [-0.4, -0.2) is 24.2 Å². The first-order valence-corrected chi connectivity index (χ1v) is 6.18. The number of nitrogens with zero attached hydrogens (tertiary/aromatic N) is 2. The van der Waals surface area contributed by atoms with Crippen LogP contribution in [0.5, 0.6) is 0 Å². The molecule has 0 aromatic heterocycles. The minimum absolute atomic E-state index is 0.199. The highest BCUT2D eigenvalue weighted by Crippen LogP contribution is 2.28. The van der Waals surface area contributed by atoms with Crippen LogP contribution in [0, 0.1) is 29.0 Å². The number of halogens is 1. The molecule has 0 bridgehead atoms. The van der Waals surface area contributed by atoms with Crippen molar-refractivity contribution in [2.24, 2.45) is 11.8 Å². The molecule has 2 atom stereocenters. The van der Waals surface area contributed by atoms with Gasteiger partial charge in [0.05, 0.1) is 23.2 Å². The number of carboxylic acids is 1. The van der Waals surface area contributed by atoms with Gasteiger partial charge in [0.25, 0.3) is 0 Å². The van der Waals surface area contributed by atoms with Crippen LogP contribution in [0.4, 0.5) is 10.1 Å². The SMILES string of the molecule is CC1CC(C(=O)O)CN(c2ccc(C#N)cc2F)C1. The first kappa shape index (κ1) is 13.3. The van der Waals surface area contributed by atoms with Crippen LogP contribution in [0.25, 0.3) is 0 Å². The van der Waals surface area contributed by atoms with Gasteiger partial charge < -0.3 is 10.0 Å². The van der Waals surface area contributed by atoms with E-state index in [1.807, 2.05) is 13.0 Å². The molecule has 2 rings (SSSR count). The lowest BCUT2D eigenvalue weighted by Gasteiger charge is -2.36. The highest BCUT2D eigenvalue weighted by Gasteiger charge is 2.30. The van der Waals surface area contributed by atoms with Crippen LogP contribution in [0.1, 0.15) is 18.9 Å². The normalized spacial score (nSPS) is 22.9. The molecule has 1 fully saturated rings. The molecule has 1 heterocycles. The minimum Gasteiger partial charge on any atom is -0.481 e. The van der Waals surface area contributed by atoms with Crippen molar-refractivity contribution in [1.82, 2.24) is 0 Å². The number of nitriles is 1. The Balaban J connectivity index is 2.26. The van der Waals surface area contributed by atoms with E-state index in [1.54, 1.807) is 17.0 Å². The number of hydrogen-bond acceptors (Lipinski definition) is 3. The third-order valence-electron chi connectivity index (χ3n) is 3.43. The molecule has 0 aliphatic carbocycles. The summed E-state index contributed by atoms with van der Waals surface area (Å²) in [6.07, 6.45) is 0.615. The molecule has 0 radical (unpaired) electrons. The number of benzene rings is 1. The zero-order valence-corrected chi connectivity index (χ0v) is 10.6. The molecule has 5 heteroatoms. The summed E-state index contributed by atoms with van der Waals surface area (Å²) in [4.78, 5) is 12.9. The Morgan fingerprint density at radius 1 is 1.53 bits per heavy atom. The molecular weight excluding hydrogens is 247 g/mol. The van der Waals surface area contributed by atoms with Crippen molar-refractivity contribution < 1.29 is 14.3 Å². The van der Waals surface area contributed by atoms with Crippen LogP contribution < -0.4 is 4.90 Å². The van der Waals surface area contributed by atoms with E-state index < -0.39 is 17.7 Å². The van der Waals surface area contributed by atoms with E-state index in [0.717, 1.165) is 0 Å². The summed E-state index contributed by atoms with van der Waals surface area (Å²) in [5.41, 5.74) is 0.637. The van der Waals surface area contributed by atoms with E-state index in [9.17, 15) is 9.18 Å². The van der Waals surface area contributed by atoms with E-state index in [0.29, 0.717) is 25.2 Å². The third-order valence-corrected chi connectivity index (χ3v) is 3.43. The Morgan fingerprint density at radius 3 is 2.84 bits per heavy atom. The highest BCUT2D eigenvalue weighted by molar-refractivity contribution is 5.71. The zero-order chi connectivity index (χ0) is 14.0. The maximum Gasteiger partial charge on any atom is 0.308 e. The molecule has 1 aromatic carbocycles. The summed E-state index contributed by atoms with van der Waals surface area (Å²) in [5.74, 6) is -1.59. The lowest BCUT2D eigenvalue weighted by Crippen LogP contribution is -2.42. The minimum atomic E-state index is -0.842. The van der Waals surface area contributed by atoms with E-state index in [-0.39, 0.29) is 11.5 Å². The van der Waals surface area contributed by atoms with E-state index in [2.05, 4.69) is 0 Å². The predicted molar refractivity (Wildman–Crippen MR) is 68.2 cm³/mol. The maximum atomic E-state index is 13.9. The van der Waals surface area contributed by atoms with E-state index >= 15 is 0 Å². The van der Waals surface area contributed by atoms with Crippen molar-refractivity contribution in [2.45, 2.75) is 13.3 Å². The number of piperidine rings is 1. The largest absolute Gasteiger partial charge is 0.481 e. The molecule has 19 heavy (non-hydrogen) atoms. The van der Waals surface area contributed by atoms with Gasteiger partial charge in [-0.2, -0.15) is 5.26 Å². The summed E-state index contributed by atoms with van der Waals surface area (Å²) in [5, 5.41) is 17.8. The molecule has 2 unspecified atom stereocenters. The van der Waals surface area contributed by atoms with Crippen molar-refractivity contribution >= 4 is 11.7 Å². The second-order valence-corrected chi connectivity index (χ2v) is 5.06. The van der Waals surface area contributed by atoms with E-state index in [4.69, 9.17) is 10.4 Å². The lowest BCUT2D eigenvalue weighted by molar-refractivity contribution is -0.142.